The number of aliphatic carboxylic acids is 1. The van der Waals surface area contributed by atoms with Crippen LogP contribution in [0.15, 0.2) is 66.7 Å². The van der Waals surface area contributed by atoms with Crippen molar-refractivity contribution in [1.29, 1.82) is 0 Å². The average Bonchev–Trinajstić information content (AvgIpc) is 3.80. The van der Waals surface area contributed by atoms with E-state index in [-0.39, 0.29) is 120 Å². The second-order valence-electron chi connectivity index (χ2n) is 19.0. The molecule has 79 heavy (non-hydrogen) atoms. The summed E-state index contributed by atoms with van der Waals surface area (Å²) in [6, 6.07) is 13.5. The van der Waals surface area contributed by atoms with Gasteiger partial charge in [0.1, 0.15) is 24.7 Å². The molecular formula is C54H65ClN8O16. The predicted octanol–water partition coefficient (Wildman–Crippen LogP) is 3.20. The minimum atomic E-state index is -1.33. The highest BCUT2D eigenvalue weighted by atomic mass is 35.5. The number of nitrogens with one attached hydrogen (secondary N) is 5. The summed E-state index contributed by atoms with van der Waals surface area (Å²) in [5.74, 6) is -3.56. The zero-order valence-corrected chi connectivity index (χ0v) is 44.6. The molecule has 3 heterocycles. The summed E-state index contributed by atoms with van der Waals surface area (Å²) in [6.45, 7) is 1.29. The second-order valence-corrected chi connectivity index (χ2v) is 19.4. The SMILES string of the molecule is CN(CCCCCC(=O)NCCNC(=O)c1cc(COC(=O)N(C)CCOCCc2ccc(NC(=O)NCc3ccc4c(c3)CN(C3CCC(=O)NC3=O)C4=O)cc2Cl)ccc1OC1CC(O)CC(C(=O)O)O1)C(=O)/C=C\C=O. The lowest BCUT2D eigenvalue weighted by molar-refractivity contribution is -0.195. The van der Waals surface area contributed by atoms with Crippen LogP contribution in [0.3, 0.4) is 0 Å². The first-order chi connectivity index (χ1) is 37.9. The van der Waals surface area contributed by atoms with E-state index in [2.05, 4.69) is 26.6 Å². The van der Waals surface area contributed by atoms with Crippen molar-refractivity contribution in [2.45, 2.75) is 102 Å². The average molecular weight is 1120 g/mol. The number of halogens is 1. The number of hydrogen-bond acceptors (Lipinski definition) is 15. The maximum Gasteiger partial charge on any atom is 0.409 e. The highest BCUT2D eigenvalue weighted by molar-refractivity contribution is 6.31. The minimum absolute atomic E-state index is 0.00660. The summed E-state index contributed by atoms with van der Waals surface area (Å²) >= 11 is 6.55. The van der Waals surface area contributed by atoms with Crippen LogP contribution in [0.2, 0.25) is 5.02 Å². The van der Waals surface area contributed by atoms with E-state index in [1.807, 2.05) is 0 Å². The largest absolute Gasteiger partial charge is 0.479 e. The zero-order valence-electron chi connectivity index (χ0n) is 43.8. The van der Waals surface area contributed by atoms with Gasteiger partial charge in [0.05, 0.1) is 24.9 Å². The maximum absolute atomic E-state index is 13.6. The van der Waals surface area contributed by atoms with Crippen LogP contribution in [-0.4, -0.2) is 163 Å². The Balaban J connectivity index is 0.902. The number of aliphatic hydroxyl groups excluding tert-OH is 1. The molecule has 3 aromatic carbocycles. The number of ether oxygens (including phenoxy) is 4. The molecule has 424 valence electrons. The highest BCUT2D eigenvalue weighted by Gasteiger charge is 2.39. The Hall–Kier alpha value is -7.93. The number of hydrogen-bond donors (Lipinski definition) is 7. The fourth-order valence-corrected chi connectivity index (χ4v) is 8.95. The van der Waals surface area contributed by atoms with Gasteiger partial charge in [0.15, 0.2) is 6.10 Å². The van der Waals surface area contributed by atoms with E-state index >= 15 is 0 Å². The Labute approximate surface area is 460 Å². The number of carbonyl (C=O) groups excluding carboxylic acids is 9. The molecule has 2 saturated heterocycles. The van der Waals surface area contributed by atoms with Gasteiger partial charge < -0.3 is 65.1 Å². The van der Waals surface area contributed by atoms with Crippen molar-refractivity contribution in [3.63, 3.8) is 0 Å². The van der Waals surface area contributed by atoms with Crippen LogP contribution in [0.5, 0.6) is 5.75 Å². The summed E-state index contributed by atoms with van der Waals surface area (Å²) in [5.41, 5.74) is 3.53. The summed E-state index contributed by atoms with van der Waals surface area (Å²) in [6.07, 6.45) is 1.35. The lowest BCUT2D eigenvalue weighted by Gasteiger charge is -2.31. The molecule has 3 aromatic rings. The fraction of sp³-hybridized carbons (Fsp3) is 0.444. The third-order valence-electron chi connectivity index (χ3n) is 13.0. The number of nitrogens with zero attached hydrogens (tertiary/aromatic N) is 3. The van der Waals surface area contributed by atoms with Gasteiger partial charge in [0.25, 0.3) is 11.8 Å². The number of carboxylic acids is 1. The van der Waals surface area contributed by atoms with E-state index in [0.29, 0.717) is 60.4 Å². The number of allylic oxidation sites excluding steroid dienone is 1. The smallest absolute Gasteiger partial charge is 0.409 e. The number of aldehydes is 1. The Bertz CT molecular complexity index is 2780. The molecule has 0 aliphatic carbocycles. The van der Waals surface area contributed by atoms with Crippen molar-refractivity contribution in [2.75, 3.05) is 58.8 Å². The number of piperidine rings is 1. The molecule has 24 nitrogen and oxygen atoms in total. The van der Waals surface area contributed by atoms with E-state index < -0.39 is 54.4 Å². The maximum atomic E-state index is 13.6. The number of amides is 9. The summed E-state index contributed by atoms with van der Waals surface area (Å²) in [4.78, 5) is 127. The van der Waals surface area contributed by atoms with Crippen molar-refractivity contribution >= 4 is 77.1 Å². The van der Waals surface area contributed by atoms with Crippen molar-refractivity contribution in [3.05, 3.63) is 105 Å². The normalized spacial score (nSPS) is 17.8. The molecule has 2 fully saturated rings. The Morgan fingerprint density at radius 3 is 2.44 bits per heavy atom. The first-order valence-electron chi connectivity index (χ1n) is 25.7. The molecule has 4 atom stereocenters. The lowest BCUT2D eigenvalue weighted by atomic mass is 10.0. The number of unbranched alkanes of at least 4 members (excludes halogenated alkanes) is 2. The number of carboxylic acid groups (broad SMARTS) is 1. The number of anilines is 1. The quantitative estimate of drug-likeness (QED) is 0.0249. The first kappa shape index (κ1) is 60.3. The number of fused-ring (bicyclic) bond motifs is 1. The van der Waals surface area contributed by atoms with Gasteiger partial charge in [-0.15, -0.1) is 0 Å². The number of carbonyl (C=O) groups is 10. The van der Waals surface area contributed by atoms with Crippen molar-refractivity contribution in [2.24, 2.45) is 0 Å². The van der Waals surface area contributed by atoms with Crippen LogP contribution in [0.25, 0.3) is 0 Å². The number of urea groups is 1. The van der Waals surface area contributed by atoms with Crippen LogP contribution in [0, 0.1) is 0 Å². The van der Waals surface area contributed by atoms with Gasteiger partial charge >= 0.3 is 18.1 Å². The number of imide groups is 1. The molecule has 0 saturated carbocycles. The van der Waals surface area contributed by atoms with E-state index in [4.69, 9.17) is 30.5 Å². The van der Waals surface area contributed by atoms with Crippen LogP contribution < -0.4 is 31.3 Å². The van der Waals surface area contributed by atoms with Gasteiger partial charge in [-0.2, -0.15) is 0 Å². The van der Waals surface area contributed by atoms with Crippen molar-refractivity contribution < 1.29 is 77.1 Å². The first-order valence-corrected chi connectivity index (χ1v) is 26.1. The summed E-state index contributed by atoms with van der Waals surface area (Å²) in [7, 11) is 3.14. The van der Waals surface area contributed by atoms with Gasteiger partial charge in [-0.05, 0) is 84.3 Å². The number of aliphatic hydroxyl groups is 1. The van der Waals surface area contributed by atoms with Gasteiger partial charge in [0.2, 0.25) is 29.9 Å². The van der Waals surface area contributed by atoms with Crippen LogP contribution in [0.4, 0.5) is 15.3 Å². The molecule has 3 aliphatic heterocycles. The molecule has 3 aliphatic rings. The Morgan fingerprint density at radius 2 is 1.68 bits per heavy atom. The van der Waals surface area contributed by atoms with Crippen LogP contribution >= 0.6 is 11.6 Å². The number of rotatable bonds is 27. The third kappa shape index (κ3) is 18.3. The molecule has 4 unspecified atom stereocenters. The van der Waals surface area contributed by atoms with Crippen LogP contribution in [-0.2, 0) is 69.1 Å². The summed E-state index contributed by atoms with van der Waals surface area (Å²) < 4.78 is 22.7. The van der Waals surface area contributed by atoms with E-state index in [9.17, 15) is 58.2 Å². The van der Waals surface area contributed by atoms with Gasteiger partial charge in [-0.25, -0.2) is 14.4 Å². The molecule has 9 amide bonds. The highest BCUT2D eigenvalue weighted by Crippen LogP contribution is 2.30. The van der Waals surface area contributed by atoms with Crippen molar-refractivity contribution in [3.8, 4) is 5.75 Å². The molecule has 7 N–H and O–H groups in total. The van der Waals surface area contributed by atoms with Gasteiger partial charge in [-0.3, -0.25) is 38.9 Å². The Morgan fingerprint density at radius 1 is 0.899 bits per heavy atom. The standard InChI is InChI=1S/C54H65ClN8O16/c1-61(47(68)8-6-22-64)20-5-3-4-7-45(66)56-18-19-57-49(69)40-26-34(10-15-43(40)78-48-29-38(65)28-44(79-48)52(72)73)32-77-54(75)62(2)21-24-76-23-17-35-11-12-37(27-41(35)55)59-53(74)58-30-33-9-13-39-36(25-33)31-63(51(39)71)42-14-16-46(67)60-50(42)70/h6,8-13,15,22,25-27,38,42,44,48,65H,3-5,7,14,16-21,23-24,28-32H2,1-2H3,(H,56,66)(H,57,69)(H,72,73)(H2,58,59,74)(H,60,67,70)/b8-6-. The molecule has 25 heteroatoms. The van der Waals surface area contributed by atoms with E-state index in [0.717, 1.165) is 22.8 Å². The lowest BCUT2D eigenvalue weighted by Crippen LogP contribution is -2.52. The molecular weight excluding hydrogens is 1050 g/mol. The van der Waals surface area contributed by atoms with Crippen LogP contribution in [0.1, 0.15) is 94.3 Å². The molecule has 0 aromatic heterocycles. The van der Waals surface area contributed by atoms with Crippen molar-refractivity contribution in [1.82, 2.24) is 36.0 Å². The molecule has 0 spiro atoms. The van der Waals surface area contributed by atoms with Gasteiger partial charge in [0, 0.05) is 101 Å². The molecule has 6 rings (SSSR count). The predicted molar refractivity (Wildman–Crippen MR) is 282 cm³/mol. The topological polar surface area (TPSA) is 318 Å². The zero-order chi connectivity index (χ0) is 57.0. The van der Waals surface area contributed by atoms with E-state index in [1.54, 1.807) is 49.5 Å². The molecule has 0 bridgehead atoms. The summed E-state index contributed by atoms with van der Waals surface area (Å²) in [5, 5.41) is 33.5. The molecule has 0 radical (unpaired) electrons. The number of likely N-dealkylation sites (N-methyl/N-ethyl adjacent to an activating group) is 2. The van der Waals surface area contributed by atoms with E-state index in [1.165, 1.54) is 40.0 Å². The fourth-order valence-electron chi connectivity index (χ4n) is 8.67. The minimum Gasteiger partial charge on any atom is -0.479 e. The number of benzene rings is 3. The third-order valence-corrected chi connectivity index (χ3v) is 13.4. The second kappa shape index (κ2) is 29.7. The van der Waals surface area contributed by atoms with Gasteiger partial charge in [-0.1, -0.05) is 42.3 Å². The Kier molecular flexibility index (Phi) is 22.7. The monoisotopic (exact) mass is 1120 g/mol.